The molecule has 0 saturated carbocycles. The Morgan fingerprint density at radius 2 is 1.63 bits per heavy atom. The van der Waals surface area contributed by atoms with E-state index in [-0.39, 0.29) is 18.5 Å². The molecule has 0 spiro atoms. The Labute approximate surface area is 179 Å². The summed E-state index contributed by atoms with van der Waals surface area (Å²) in [5, 5.41) is 3.01. The van der Waals surface area contributed by atoms with Gasteiger partial charge in [-0.15, -0.1) is 0 Å². The van der Waals surface area contributed by atoms with Crippen LogP contribution in [-0.2, 0) is 15.0 Å². The van der Waals surface area contributed by atoms with Gasteiger partial charge in [0.25, 0.3) is 0 Å². The summed E-state index contributed by atoms with van der Waals surface area (Å²) in [5.41, 5.74) is 1.38. The molecule has 2 aromatic rings. The monoisotopic (exact) mass is 433 g/mol. The highest BCUT2D eigenvalue weighted by Gasteiger charge is 2.28. The highest BCUT2D eigenvalue weighted by atomic mass is 32.2. The van der Waals surface area contributed by atoms with E-state index in [1.165, 1.54) is 14.1 Å². The summed E-state index contributed by atoms with van der Waals surface area (Å²) in [7, 11) is 0.666. The molecule has 0 aliphatic carbocycles. The fraction of sp³-hybridized carbons (Fsp3) is 0.409. The molecule has 2 rings (SSSR count). The highest BCUT2D eigenvalue weighted by Crippen LogP contribution is 2.24. The van der Waals surface area contributed by atoms with Crippen LogP contribution in [0.15, 0.2) is 54.6 Å². The van der Waals surface area contributed by atoms with Gasteiger partial charge in [-0.1, -0.05) is 44.2 Å². The van der Waals surface area contributed by atoms with Crippen molar-refractivity contribution in [1.29, 1.82) is 0 Å². The number of amides is 1. The van der Waals surface area contributed by atoms with Gasteiger partial charge in [0.2, 0.25) is 5.91 Å². The molecule has 0 saturated heterocycles. The Bertz CT molecular complexity index is 913. The summed E-state index contributed by atoms with van der Waals surface area (Å²) in [5.74, 6) is 0.708. The molecule has 1 amide bonds. The van der Waals surface area contributed by atoms with E-state index in [0.29, 0.717) is 11.6 Å². The molecule has 0 radical (unpaired) electrons. The first-order valence-corrected chi connectivity index (χ1v) is 11.2. The van der Waals surface area contributed by atoms with Gasteiger partial charge in [0.15, 0.2) is 0 Å². The third-order valence-electron chi connectivity index (χ3n) is 4.63. The summed E-state index contributed by atoms with van der Waals surface area (Å²) in [6, 6.07) is 15.9. The fourth-order valence-corrected chi connectivity index (χ4v) is 4.12. The van der Waals surface area contributed by atoms with Crippen molar-refractivity contribution >= 4 is 21.8 Å². The first-order valence-electron chi connectivity index (χ1n) is 9.83. The first-order chi connectivity index (χ1) is 14.1. The highest BCUT2D eigenvalue weighted by molar-refractivity contribution is 7.90. The maximum Gasteiger partial charge on any atom is 0.304 e. The largest absolute Gasteiger partial charge is 0.497 e. The van der Waals surface area contributed by atoms with Gasteiger partial charge in [-0.05, 0) is 42.2 Å². The zero-order valence-corrected chi connectivity index (χ0v) is 19.0. The smallest absolute Gasteiger partial charge is 0.304 e. The Balaban J connectivity index is 2.25. The van der Waals surface area contributed by atoms with Crippen molar-refractivity contribution in [1.82, 2.24) is 9.62 Å². The molecule has 0 fully saturated rings. The van der Waals surface area contributed by atoms with E-state index < -0.39 is 10.2 Å². The minimum atomic E-state index is -3.83. The van der Waals surface area contributed by atoms with E-state index in [2.05, 4.69) is 19.2 Å². The Morgan fingerprint density at radius 3 is 2.13 bits per heavy atom. The maximum absolute atomic E-state index is 12.9. The lowest BCUT2D eigenvalue weighted by molar-refractivity contribution is -0.120. The number of carbonyl (C=O) groups is 1. The summed E-state index contributed by atoms with van der Waals surface area (Å²) in [6.45, 7) is 3.85. The van der Waals surface area contributed by atoms with Crippen LogP contribution in [0.4, 0.5) is 5.69 Å². The van der Waals surface area contributed by atoms with Crippen molar-refractivity contribution in [2.75, 3.05) is 32.1 Å². The lowest BCUT2D eigenvalue weighted by Crippen LogP contribution is -2.46. The van der Waals surface area contributed by atoms with Gasteiger partial charge >= 0.3 is 10.2 Å². The van der Waals surface area contributed by atoms with Crippen molar-refractivity contribution in [2.24, 2.45) is 5.92 Å². The normalized spacial score (nSPS) is 12.6. The van der Waals surface area contributed by atoms with Crippen molar-refractivity contribution < 1.29 is 17.9 Å². The van der Waals surface area contributed by atoms with Crippen LogP contribution < -0.4 is 14.4 Å². The van der Waals surface area contributed by atoms with Crippen LogP contribution in [0, 0.1) is 5.92 Å². The predicted molar refractivity (Wildman–Crippen MR) is 120 cm³/mol. The zero-order chi connectivity index (χ0) is 22.3. The van der Waals surface area contributed by atoms with Gasteiger partial charge in [-0.25, -0.2) is 4.31 Å². The summed E-state index contributed by atoms with van der Waals surface area (Å²) in [4.78, 5) is 12.9. The molecule has 30 heavy (non-hydrogen) atoms. The van der Waals surface area contributed by atoms with Crippen LogP contribution in [0.3, 0.4) is 0 Å². The van der Waals surface area contributed by atoms with Crippen molar-refractivity contribution in [2.45, 2.75) is 26.3 Å². The molecule has 8 heteroatoms. The number of nitrogens with one attached hydrogen (secondary N) is 1. The van der Waals surface area contributed by atoms with Gasteiger partial charge in [-0.3, -0.25) is 4.79 Å². The van der Waals surface area contributed by atoms with Crippen LogP contribution >= 0.6 is 0 Å². The van der Waals surface area contributed by atoms with Crippen LogP contribution in [-0.4, -0.2) is 46.4 Å². The third-order valence-corrected chi connectivity index (χ3v) is 6.45. The number of benzene rings is 2. The number of ether oxygens (including phenoxy) is 1. The van der Waals surface area contributed by atoms with Gasteiger partial charge < -0.3 is 10.1 Å². The van der Waals surface area contributed by atoms with E-state index >= 15 is 0 Å². The second kappa shape index (κ2) is 10.4. The van der Waals surface area contributed by atoms with Crippen LogP contribution in [0.25, 0.3) is 0 Å². The maximum atomic E-state index is 12.9. The number of hydrogen-bond donors (Lipinski definition) is 1. The molecule has 2 aromatic carbocycles. The standard InChI is InChI=1S/C22H31N3O4S/c1-17(2)15-21(18-11-13-20(29-5)14-12-18)23-22(26)16-25(30(27,28)24(3)4)19-9-7-6-8-10-19/h6-14,17,21H,15-16H2,1-5H3,(H,23,26). The van der Waals surface area contributed by atoms with Gasteiger partial charge in [0, 0.05) is 14.1 Å². The third kappa shape index (κ3) is 6.21. The number of para-hydroxylation sites is 1. The molecule has 0 aliphatic rings. The summed E-state index contributed by atoms with van der Waals surface area (Å²) >= 11 is 0. The van der Waals surface area contributed by atoms with E-state index in [9.17, 15) is 13.2 Å². The number of methoxy groups -OCH3 is 1. The van der Waals surface area contributed by atoms with Crippen molar-refractivity contribution in [3.8, 4) is 5.75 Å². The number of nitrogens with zero attached hydrogens (tertiary/aromatic N) is 2. The van der Waals surface area contributed by atoms with Gasteiger partial charge in [0.1, 0.15) is 12.3 Å². The Hall–Kier alpha value is -2.58. The van der Waals surface area contributed by atoms with Crippen LogP contribution in [0.5, 0.6) is 5.75 Å². The van der Waals surface area contributed by atoms with E-state index in [1.54, 1.807) is 37.4 Å². The lowest BCUT2D eigenvalue weighted by atomic mass is 9.97. The second-order valence-corrected chi connectivity index (χ2v) is 9.72. The van der Waals surface area contributed by atoms with Gasteiger partial charge in [0.05, 0.1) is 18.8 Å². The number of hydrogen-bond acceptors (Lipinski definition) is 4. The minimum Gasteiger partial charge on any atom is -0.497 e. The van der Waals surface area contributed by atoms with Crippen molar-refractivity contribution in [3.63, 3.8) is 0 Å². The van der Waals surface area contributed by atoms with Crippen LogP contribution in [0.2, 0.25) is 0 Å². The molecular weight excluding hydrogens is 402 g/mol. The summed E-state index contributed by atoms with van der Waals surface area (Å²) < 4.78 is 33.1. The number of anilines is 1. The number of rotatable bonds is 10. The SMILES string of the molecule is COc1ccc(C(CC(C)C)NC(=O)CN(c2ccccc2)S(=O)(=O)N(C)C)cc1. The minimum absolute atomic E-state index is 0.233. The molecule has 164 valence electrons. The molecule has 0 aromatic heterocycles. The molecule has 1 unspecified atom stereocenters. The predicted octanol–water partition coefficient (Wildman–Crippen LogP) is 3.21. The van der Waals surface area contributed by atoms with E-state index in [4.69, 9.17) is 4.74 Å². The summed E-state index contributed by atoms with van der Waals surface area (Å²) in [6.07, 6.45) is 0.726. The molecule has 0 aliphatic heterocycles. The average Bonchev–Trinajstić information content (AvgIpc) is 2.71. The van der Waals surface area contributed by atoms with Crippen LogP contribution in [0.1, 0.15) is 31.9 Å². The Kier molecular flexibility index (Phi) is 8.25. The first kappa shape index (κ1) is 23.7. The second-order valence-electron chi connectivity index (χ2n) is 7.66. The van der Waals surface area contributed by atoms with E-state index in [1.807, 2.05) is 24.3 Å². The molecule has 1 N–H and O–H groups in total. The topological polar surface area (TPSA) is 79.0 Å². The molecular formula is C22H31N3O4S. The molecule has 7 nitrogen and oxygen atoms in total. The number of carbonyl (C=O) groups excluding carboxylic acids is 1. The fourth-order valence-electron chi connectivity index (χ4n) is 3.05. The molecule has 0 heterocycles. The van der Waals surface area contributed by atoms with E-state index in [0.717, 1.165) is 26.3 Å². The Morgan fingerprint density at radius 1 is 1.03 bits per heavy atom. The average molecular weight is 434 g/mol. The van der Waals surface area contributed by atoms with Gasteiger partial charge in [-0.2, -0.15) is 12.7 Å². The van der Waals surface area contributed by atoms with Crippen molar-refractivity contribution in [3.05, 3.63) is 60.2 Å². The lowest BCUT2D eigenvalue weighted by Gasteiger charge is -2.28. The molecule has 0 bridgehead atoms. The quantitative estimate of drug-likeness (QED) is 0.624. The zero-order valence-electron chi connectivity index (χ0n) is 18.2. The molecule has 1 atom stereocenters.